The third kappa shape index (κ3) is 6.98. The third-order valence-corrected chi connectivity index (χ3v) is 10.8. The Kier molecular flexibility index (Phi) is 9.77. The molecule has 4 aromatic rings. The van der Waals surface area contributed by atoms with Gasteiger partial charge in [-0.15, -0.1) is 0 Å². The van der Waals surface area contributed by atoms with Crippen molar-refractivity contribution in [3.63, 3.8) is 0 Å². The highest BCUT2D eigenvalue weighted by Gasteiger charge is 2.48. The molecule has 2 aliphatic heterocycles. The highest BCUT2D eigenvalue weighted by Crippen LogP contribution is 2.43. The van der Waals surface area contributed by atoms with Gasteiger partial charge in [-0.3, -0.25) is 19.7 Å². The van der Waals surface area contributed by atoms with E-state index in [9.17, 15) is 9.90 Å². The number of rotatable bonds is 10. The lowest BCUT2D eigenvalue weighted by Crippen LogP contribution is -2.56. The van der Waals surface area contributed by atoms with Crippen molar-refractivity contribution in [1.82, 2.24) is 30.5 Å². The molecule has 7 rings (SSSR count). The monoisotopic (exact) mass is 702 g/mol. The molecule has 1 amide bonds. The number of aliphatic hydroxyl groups excluding tert-OH is 1. The topological polar surface area (TPSA) is 122 Å². The Balaban J connectivity index is 1.10. The molecule has 5 heterocycles. The Morgan fingerprint density at radius 1 is 1.00 bits per heavy atom. The van der Waals surface area contributed by atoms with Gasteiger partial charge in [-0.05, 0) is 43.9 Å². The summed E-state index contributed by atoms with van der Waals surface area (Å²) in [5.41, 5.74) is 6.06. The number of carbonyl (C=O) groups is 1. The highest BCUT2D eigenvalue weighted by atomic mass is 35.5. The first-order valence-electron chi connectivity index (χ1n) is 16.7. The predicted octanol–water partition coefficient (Wildman–Crippen LogP) is 5.91. The molecule has 1 saturated carbocycles. The quantitative estimate of drug-likeness (QED) is 0.185. The summed E-state index contributed by atoms with van der Waals surface area (Å²) in [6.07, 6.45) is 7.39. The van der Waals surface area contributed by atoms with Crippen LogP contribution in [0.2, 0.25) is 10.0 Å². The number of methoxy groups -OCH3 is 2. The molecule has 256 valence electrons. The molecule has 3 fully saturated rings. The molecule has 0 atom stereocenters. The van der Waals surface area contributed by atoms with Crippen molar-refractivity contribution in [2.45, 2.75) is 57.3 Å². The second kappa shape index (κ2) is 14.2. The van der Waals surface area contributed by atoms with Crippen molar-refractivity contribution >= 4 is 29.1 Å². The molecule has 0 radical (unpaired) electrons. The fourth-order valence-electron chi connectivity index (χ4n) is 7.37. The minimum atomic E-state index is -0.194. The first-order valence-corrected chi connectivity index (χ1v) is 17.4. The molecule has 3 N–H and O–H groups in total. The zero-order valence-corrected chi connectivity index (χ0v) is 29.2. The zero-order chi connectivity index (χ0) is 34.1. The van der Waals surface area contributed by atoms with Gasteiger partial charge in [-0.1, -0.05) is 47.5 Å². The van der Waals surface area contributed by atoms with Crippen molar-refractivity contribution in [3.05, 3.63) is 76.2 Å². The number of amides is 1. The molecule has 0 unspecified atom stereocenters. The number of benzene rings is 1. The van der Waals surface area contributed by atoms with E-state index in [1.165, 1.54) is 0 Å². The SMILES string of the molecule is COc1cc(-c2nccc(-c3cccc(-c4ccc(CN5CC6(CNC(=O)C6)C5)c(OC)n4)c3Cl)c2Cl)cnc1CN[C@H]1CC[C@@H](O)CC1. The van der Waals surface area contributed by atoms with Crippen LogP contribution in [0.3, 0.4) is 0 Å². The molecule has 2 saturated heterocycles. The van der Waals surface area contributed by atoms with Crippen LogP contribution in [-0.4, -0.2) is 76.9 Å². The number of pyridine rings is 3. The van der Waals surface area contributed by atoms with E-state index in [1.54, 1.807) is 26.6 Å². The average molecular weight is 704 g/mol. The van der Waals surface area contributed by atoms with E-state index >= 15 is 0 Å². The Bertz CT molecular complexity index is 1860. The van der Waals surface area contributed by atoms with E-state index in [1.807, 2.05) is 42.5 Å². The Morgan fingerprint density at radius 2 is 1.78 bits per heavy atom. The summed E-state index contributed by atoms with van der Waals surface area (Å²) in [4.78, 5) is 28.2. The molecule has 1 spiro atoms. The normalized spacial score (nSPS) is 20.2. The van der Waals surface area contributed by atoms with Gasteiger partial charge in [-0.25, -0.2) is 4.98 Å². The molecular formula is C37H40Cl2N6O4. The van der Waals surface area contributed by atoms with E-state index in [0.717, 1.165) is 78.8 Å². The van der Waals surface area contributed by atoms with Crippen LogP contribution in [0.1, 0.15) is 43.4 Å². The first kappa shape index (κ1) is 33.7. The lowest BCUT2D eigenvalue weighted by Gasteiger charge is -2.47. The van der Waals surface area contributed by atoms with Crippen molar-refractivity contribution < 1.29 is 19.4 Å². The van der Waals surface area contributed by atoms with E-state index in [-0.39, 0.29) is 17.4 Å². The summed E-state index contributed by atoms with van der Waals surface area (Å²) in [5.74, 6) is 1.33. The van der Waals surface area contributed by atoms with Gasteiger partial charge < -0.3 is 25.2 Å². The molecule has 12 heteroatoms. The first-order chi connectivity index (χ1) is 23.8. The van der Waals surface area contributed by atoms with E-state index in [2.05, 4.69) is 20.5 Å². The number of carbonyl (C=O) groups excluding carboxylic acids is 1. The summed E-state index contributed by atoms with van der Waals surface area (Å²) >= 11 is 14.2. The molecule has 1 aromatic carbocycles. The van der Waals surface area contributed by atoms with Crippen molar-refractivity contribution in [3.8, 4) is 45.3 Å². The largest absolute Gasteiger partial charge is 0.495 e. The van der Waals surface area contributed by atoms with Crippen LogP contribution < -0.4 is 20.1 Å². The minimum Gasteiger partial charge on any atom is -0.495 e. The van der Waals surface area contributed by atoms with Gasteiger partial charge in [0.25, 0.3) is 0 Å². The molecule has 10 nitrogen and oxygen atoms in total. The Hall–Kier alpha value is -3.80. The summed E-state index contributed by atoms with van der Waals surface area (Å²) < 4.78 is 11.4. The second-order valence-electron chi connectivity index (χ2n) is 13.4. The number of aromatic nitrogens is 3. The van der Waals surface area contributed by atoms with Gasteiger partial charge in [0.2, 0.25) is 11.8 Å². The molecule has 1 aliphatic carbocycles. The van der Waals surface area contributed by atoms with Gasteiger partial charge in [0, 0.05) is 90.8 Å². The van der Waals surface area contributed by atoms with Gasteiger partial charge in [0.05, 0.1) is 47.5 Å². The molecular weight excluding hydrogens is 663 g/mol. The van der Waals surface area contributed by atoms with Crippen LogP contribution >= 0.6 is 23.2 Å². The maximum atomic E-state index is 11.7. The van der Waals surface area contributed by atoms with Crippen LogP contribution in [0, 0.1) is 5.41 Å². The molecule has 49 heavy (non-hydrogen) atoms. The van der Waals surface area contributed by atoms with Crippen LogP contribution in [-0.2, 0) is 17.9 Å². The van der Waals surface area contributed by atoms with Crippen molar-refractivity contribution in [2.75, 3.05) is 33.9 Å². The number of halogens is 2. The van der Waals surface area contributed by atoms with Crippen LogP contribution in [0.15, 0.2) is 54.9 Å². The van der Waals surface area contributed by atoms with Crippen LogP contribution in [0.5, 0.6) is 11.6 Å². The van der Waals surface area contributed by atoms with Gasteiger partial charge in [0.15, 0.2) is 0 Å². The fraction of sp³-hybridized carbons (Fsp3) is 0.405. The lowest BCUT2D eigenvalue weighted by molar-refractivity contribution is -0.120. The summed E-state index contributed by atoms with van der Waals surface area (Å²) in [7, 11) is 3.25. The average Bonchev–Trinajstić information content (AvgIpc) is 3.50. The smallest absolute Gasteiger partial charge is 0.220 e. The highest BCUT2D eigenvalue weighted by molar-refractivity contribution is 6.39. The molecule has 3 aromatic heterocycles. The van der Waals surface area contributed by atoms with E-state index in [4.69, 9.17) is 42.6 Å². The van der Waals surface area contributed by atoms with Gasteiger partial charge >= 0.3 is 0 Å². The Labute approximate surface area is 296 Å². The summed E-state index contributed by atoms with van der Waals surface area (Å²) in [6, 6.07) is 13.9. The van der Waals surface area contributed by atoms with E-state index < -0.39 is 0 Å². The Morgan fingerprint density at radius 3 is 2.51 bits per heavy atom. The fourth-order valence-corrected chi connectivity index (χ4v) is 8.02. The number of aliphatic hydroxyl groups is 1. The minimum absolute atomic E-state index is 0.0596. The number of ether oxygens (including phenoxy) is 2. The number of nitrogens with zero attached hydrogens (tertiary/aromatic N) is 4. The van der Waals surface area contributed by atoms with Crippen molar-refractivity contribution in [2.24, 2.45) is 5.41 Å². The summed E-state index contributed by atoms with van der Waals surface area (Å²) in [6.45, 7) is 3.74. The van der Waals surface area contributed by atoms with Gasteiger partial charge in [-0.2, -0.15) is 0 Å². The molecule has 3 aliphatic rings. The maximum absolute atomic E-state index is 11.7. The van der Waals surface area contributed by atoms with Crippen LogP contribution in [0.25, 0.3) is 33.6 Å². The van der Waals surface area contributed by atoms with Crippen molar-refractivity contribution in [1.29, 1.82) is 0 Å². The second-order valence-corrected chi connectivity index (χ2v) is 14.2. The number of nitrogens with one attached hydrogen (secondary N) is 2. The third-order valence-electron chi connectivity index (χ3n) is 9.97. The van der Waals surface area contributed by atoms with Crippen LogP contribution in [0.4, 0.5) is 0 Å². The lowest BCUT2D eigenvalue weighted by atomic mass is 9.79. The maximum Gasteiger partial charge on any atom is 0.220 e. The summed E-state index contributed by atoms with van der Waals surface area (Å²) in [5, 5.41) is 17.3. The molecule has 0 bridgehead atoms. The van der Waals surface area contributed by atoms with E-state index in [0.29, 0.717) is 58.6 Å². The number of hydrogen-bond donors (Lipinski definition) is 3. The standard InChI is InChI=1S/C37H40Cl2N6O4/c1-48-31-14-23(16-42-30(31)17-41-24-7-9-25(46)10-8-24)35-34(39)27(12-13-40-35)26-4-3-5-28(33(26)38)29-11-6-22(36(44-29)49-2)18-45-20-37(21-45)15-32(47)43-19-37/h3-6,11-14,16,24-25,41,46H,7-10,15,17-21H2,1-2H3,(H,43,47)/t24-,25+. The van der Waals surface area contributed by atoms with Gasteiger partial charge in [0.1, 0.15) is 5.75 Å². The number of likely N-dealkylation sites (tertiary alicyclic amines) is 1. The number of hydrogen-bond acceptors (Lipinski definition) is 9. The predicted molar refractivity (Wildman–Crippen MR) is 190 cm³/mol. The zero-order valence-electron chi connectivity index (χ0n) is 27.6.